The van der Waals surface area contributed by atoms with Crippen molar-refractivity contribution in [3.05, 3.63) is 29.3 Å². The third-order valence-corrected chi connectivity index (χ3v) is 2.35. The molecule has 16 heavy (non-hydrogen) atoms. The summed E-state index contributed by atoms with van der Waals surface area (Å²) in [4.78, 5) is 10.9. The third-order valence-electron chi connectivity index (χ3n) is 2.10. The predicted octanol–water partition coefficient (Wildman–Crippen LogP) is 2.21. The zero-order chi connectivity index (χ0) is 11.4. The van der Waals surface area contributed by atoms with Crippen molar-refractivity contribution in [2.24, 2.45) is 5.92 Å². The van der Waals surface area contributed by atoms with Crippen molar-refractivity contribution < 1.29 is 9.90 Å². The molecule has 0 aliphatic carbocycles. The van der Waals surface area contributed by atoms with Crippen molar-refractivity contribution in [1.82, 2.24) is 0 Å². The van der Waals surface area contributed by atoms with E-state index in [0.29, 0.717) is 5.02 Å². The van der Waals surface area contributed by atoms with Gasteiger partial charge in [0.1, 0.15) is 6.04 Å². The topological polar surface area (TPSA) is 49.3 Å². The van der Waals surface area contributed by atoms with Crippen LogP contribution in [0.1, 0.15) is 13.8 Å². The summed E-state index contributed by atoms with van der Waals surface area (Å²) >= 11 is 5.73. The van der Waals surface area contributed by atoms with Gasteiger partial charge in [0, 0.05) is 10.7 Å². The van der Waals surface area contributed by atoms with Crippen LogP contribution in [0.25, 0.3) is 0 Å². The number of carboxylic acid groups (broad SMARTS) is 1. The Morgan fingerprint density at radius 3 is 2.19 bits per heavy atom. The fourth-order valence-corrected chi connectivity index (χ4v) is 1.37. The van der Waals surface area contributed by atoms with Crippen molar-refractivity contribution in [2.45, 2.75) is 19.9 Å². The normalized spacial score (nSPS) is 11.8. The molecule has 0 amide bonds. The van der Waals surface area contributed by atoms with Crippen molar-refractivity contribution >= 4 is 52.8 Å². The van der Waals surface area contributed by atoms with Gasteiger partial charge >= 0.3 is 35.5 Å². The first kappa shape index (κ1) is 15.8. The maximum absolute atomic E-state index is 10.9. The summed E-state index contributed by atoms with van der Waals surface area (Å²) < 4.78 is 0. The van der Waals surface area contributed by atoms with Gasteiger partial charge in [0.25, 0.3) is 0 Å². The number of rotatable bonds is 4. The Morgan fingerprint density at radius 1 is 1.31 bits per heavy atom. The van der Waals surface area contributed by atoms with Crippen LogP contribution in [0.5, 0.6) is 0 Å². The van der Waals surface area contributed by atoms with Crippen LogP contribution >= 0.6 is 11.6 Å². The molecule has 2 N–H and O–H groups in total. The molecule has 1 aromatic carbocycles. The number of carbonyl (C=O) groups is 1. The predicted molar refractivity (Wildman–Crippen MR) is 68.5 cm³/mol. The summed E-state index contributed by atoms with van der Waals surface area (Å²) in [6, 6.07) is 6.40. The Morgan fingerprint density at radius 2 is 1.81 bits per heavy atom. The number of halogens is 1. The molecule has 0 heterocycles. The van der Waals surface area contributed by atoms with Gasteiger partial charge in [0.2, 0.25) is 0 Å². The van der Waals surface area contributed by atoms with Gasteiger partial charge in [-0.05, 0) is 30.2 Å². The number of hydrogen-bond acceptors (Lipinski definition) is 2. The zero-order valence-corrected chi connectivity index (χ0v) is 9.45. The minimum atomic E-state index is -0.847. The van der Waals surface area contributed by atoms with Crippen LogP contribution in [0.15, 0.2) is 24.3 Å². The second-order valence-corrected chi connectivity index (χ2v) is 4.15. The van der Waals surface area contributed by atoms with E-state index in [4.69, 9.17) is 16.7 Å². The van der Waals surface area contributed by atoms with Gasteiger partial charge in [-0.15, -0.1) is 0 Å². The molecule has 0 radical (unpaired) electrons. The Balaban J connectivity index is 0.00000225. The second kappa shape index (κ2) is 7.17. The summed E-state index contributed by atoms with van der Waals surface area (Å²) in [6.07, 6.45) is 0. The maximum atomic E-state index is 10.9. The first-order chi connectivity index (χ1) is 7.00. The number of hydrogen-bond donors (Lipinski definition) is 2. The van der Waals surface area contributed by atoms with E-state index in [1.807, 2.05) is 13.8 Å². The number of nitrogens with one attached hydrogen (secondary N) is 1. The molecule has 0 saturated heterocycles. The summed E-state index contributed by atoms with van der Waals surface area (Å²) in [5.74, 6) is -0.821. The summed E-state index contributed by atoms with van der Waals surface area (Å²) in [5.41, 5.74) is 0.764. The molecule has 0 fully saturated rings. The summed E-state index contributed by atoms with van der Waals surface area (Å²) in [7, 11) is 0. The van der Waals surface area contributed by atoms with Gasteiger partial charge < -0.3 is 10.4 Å². The molecular weight excluding hydrogens is 237 g/mol. The molecular formula is C11H15ClNNaO2. The number of aliphatic carboxylic acids is 1. The zero-order valence-electron chi connectivity index (χ0n) is 8.70. The van der Waals surface area contributed by atoms with E-state index in [0.717, 1.165) is 5.69 Å². The molecule has 84 valence electrons. The average Bonchev–Trinajstić information content (AvgIpc) is 2.15. The Labute approximate surface area is 122 Å². The van der Waals surface area contributed by atoms with E-state index in [2.05, 4.69) is 5.32 Å². The van der Waals surface area contributed by atoms with Crippen LogP contribution in [0.3, 0.4) is 0 Å². The molecule has 1 aromatic rings. The number of anilines is 1. The van der Waals surface area contributed by atoms with Crippen LogP contribution in [0.4, 0.5) is 5.69 Å². The molecule has 0 aromatic heterocycles. The molecule has 1 rings (SSSR count). The molecule has 1 unspecified atom stereocenters. The quantitative estimate of drug-likeness (QED) is 0.807. The van der Waals surface area contributed by atoms with Crippen molar-refractivity contribution in [2.75, 3.05) is 5.32 Å². The van der Waals surface area contributed by atoms with Crippen molar-refractivity contribution in [1.29, 1.82) is 0 Å². The van der Waals surface area contributed by atoms with Crippen LogP contribution in [-0.4, -0.2) is 46.7 Å². The van der Waals surface area contributed by atoms with Gasteiger partial charge in [-0.3, -0.25) is 0 Å². The minimum absolute atomic E-state index is 0. The molecule has 0 spiro atoms. The molecule has 1 atom stereocenters. The molecule has 0 aliphatic rings. The van der Waals surface area contributed by atoms with Crippen LogP contribution in [0.2, 0.25) is 5.02 Å². The van der Waals surface area contributed by atoms with E-state index in [9.17, 15) is 4.79 Å². The van der Waals surface area contributed by atoms with Crippen LogP contribution in [0, 0.1) is 5.92 Å². The van der Waals surface area contributed by atoms with Crippen molar-refractivity contribution in [3.63, 3.8) is 0 Å². The van der Waals surface area contributed by atoms with Gasteiger partial charge in [-0.25, -0.2) is 4.79 Å². The Kier molecular flexibility index (Phi) is 7.07. The molecule has 5 heteroatoms. The SMILES string of the molecule is CC(C)C(Nc1ccc(Cl)cc1)C(=O)O.[NaH]. The number of benzene rings is 1. The van der Waals surface area contributed by atoms with E-state index in [1.165, 1.54) is 0 Å². The second-order valence-electron chi connectivity index (χ2n) is 3.71. The van der Waals surface area contributed by atoms with Crippen LogP contribution < -0.4 is 5.32 Å². The van der Waals surface area contributed by atoms with Gasteiger partial charge in [-0.2, -0.15) is 0 Å². The van der Waals surface area contributed by atoms with E-state index in [1.54, 1.807) is 24.3 Å². The Bertz CT molecular complexity index is 340. The average molecular weight is 252 g/mol. The van der Waals surface area contributed by atoms with Gasteiger partial charge in [0.15, 0.2) is 0 Å². The van der Waals surface area contributed by atoms with Gasteiger partial charge in [-0.1, -0.05) is 25.4 Å². The van der Waals surface area contributed by atoms with E-state index in [-0.39, 0.29) is 35.5 Å². The Hall–Kier alpha value is -0.220. The number of carboxylic acids is 1. The monoisotopic (exact) mass is 251 g/mol. The molecule has 0 saturated carbocycles. The van der Waals surface area contributed by atoms with Crippen LogP contribution in [-0.2, 0) is 4.79 Å². The standard InChI is InChI=1S/C11H14ClNO2.Na.H/c1-7(2)10(11(14)15)13-9-5-3-8(12)4-6-9;;/h3-7,10,13H,1-2H3,(H,14,15);;. The third kappa shape index (κ3) is 4.74. The van der Waals surface area contributed by atoms with E-state index < -0.39 is 12.0 Å². The van der Waals surface area contributed by atoms with E-state index >= 15 is 0 Å². The first-order valence-corrected chi connectivity index (χ1v) is 5.13. The first-order valence-electron chi connectivity index (χ1n) is 4.75. The molecule has 3 nitrogen and oxygen atoms in total. The summed E-state index contributed by atoms with van der Waals surface area (Å²) in [6.45, 7) is 3.73. The molecule has 0 aliphatic heterocycles. The fourth-order valence-electron chi connectivity index (χ4n) is 1.24. The summed E-state index contributed by atoms with van der Waals surface area (Å²) in [5, 5.41) is 12.6. The van der Waals surface area contributed by atoms with Gasteiger partial charge in [0.05, 0.1) is 0 Å². The van der Waals surface area contributed by atoms with Crippen molar-refractivity contribution in [3.8, 4) is 0 Å². The fraction of sp³-hybridized carbons (Fsp3) is 0.364. The molecule has 0 bridgehead atoms.